The molecule has 0 aliphatic rings. The van der Waals surface area contributed by atoms with Crippen LogP contribution >= 0.6 is 15.9 Å². The van der Waals surface area contributed by atoms with Crippen LogP contribution in [-0.2, 0) is 0 Å². The summed E-state index contributed by atoms with van der Waals surface area (Å²) < 4.78 is 0.894. The zero-order chi connectivity index (χ0) is 13.0. The summed E-state index contributed by atoms with van der Waals surface area (Å²) in [6, 6.07) is 5.54. The van der Waals surface area contributed by atoms with Gasteiger partial charge in [-0.05, 0) is 43.5 Å². The van der Waals surface area contributed by atoms with E-state index in [-0.39, 0.29) is 24.5 Å². The Balaban J connectivity index is 2.76. The van der Waals surface area contributed by atoms with Crippen molar-refractivity contribution in [2.24, 2.45) is 5.92 Å². The Hall–Kier alpha value is -0.870. The first-order valence-corrected chi connectivity index (χ1v) is 6.42. The van der Waals surface area contributed by atoms with Gasteiger partial charge in [0.05, 0.1) is 0 Å². The number of benzene rings is 1. The van der Waals surface area contributed by atoms with Gasteiger partial charge in [0.2, 0.25) is 0 Å². The smallest absolute Gasteiger partial charge is 0.251 e. The molecule has 0 spiro atoms. The lowest BCUT2D eigenvalue weighted by atomic mass is 10.0. The van der Waals surface area contributed by atoms with E-state index in [4.69, 9.17) is 5.11 Å². The lowest BCUT2D eigenvalue weighted by molar-refractivity contribution is 0.0916. The Morgan fingerprint density at radius 2 is 2.06 bits per heavy atom. The monoisotopic (exact) mass is 299 g/mol. The standard InChI is InChI=1S/C13H18BrNO2/c1-8-4-11(6-12(14)5-8)13(17)15-10(3)9(2)7-16/h4-6,9-10,16H,7H2,1-3H3,(H,15,17). The fraction of sp³-hybridized carbons (Fsp3) is 0.462. The van der Waals surface area contributed by atoms with Crippen LogP contribution in [0.1, 0.15) is 29.8 Å². The van der Waals surface area contributed by atoms with E-state index in [0.717, 1.165) is 10.0 Å². The molecule has 0 aliphatic heterocycles. The summed E-state index contributed by atoms with van der Waals surface area (Å²) in [5.74, 6) is -0.0607. The van der Waals surface area contributed by atoms with Gasteiger partial charge in [0, 0.05) is 22.7 Å². The van der Waals surface area contributed by atoms with Crippen molar-refractivity contribution in [3.05, 3.63) is 33.8 Å². The summed E-state index contributed by atoms with van der Waals surface area (Å²) in [6.07, 6.45) is 0. The van der Waals surface area contributed by atoms with Gasteiger partial charge in [-0.3, -0.25) is 4.79 Å². The van der Waals surface area contributed by atoms with Gasteiger partial charge in [-0.25, -0.2) is 0 Å². The van der Waals surface area contributed by atoms with Gasteiger partial charge < -0.3 is 10.4 Å². The molecule has 0 fully saturated rings. The van der Waals surface area contributed by atoms with Crippen LogP contribution in [0.3, 0.4) is 0 Å². The molecule has 4 heteroatoms. The highest BCUT2D eigenvalue weighted by Gasteiger charge is 2.15. The summed E-state index contributed by atoms with van der Waals surface area (Å²) in [7, 11) is 0. The second-order valence-electron chi connectivity index (χ2n) is 4.44. The number of rotatable bonds is 4. The predicted molar refractivity (Wildman–Crippen MR) is 72.1 cm³/mol. The highest BCUT2D eigenvalue weighted by atomic mass is 79.9. The molecule has 2 unspecified atom stereocenters. The molecule has 1 amide bonds. The SMILES string of the molecule is Cc1cc(Br)cc(C(=O)NC(C)C(C)CO)c1. The second-order valence-corrected chi connectivity index (χ2v) is 5.35. The Bertz CT molecular complexity index is 386. The molecule has 0 aliphatic carbocycles. The maximum absolute atomic E-state index is 12.0. The fourth-order valence-electron chi connectivity index (χ4n) is 1.46. The first-order valence-electron chi connectivity index (χ1n) is 5.63. The number of hydrogen-bond donors (Lipinski definition) is 2. The number of halogens is 1. The quantitative estimate of drug-likeness (QED) is 0.897. The summed E-state index contributed by atoms with van der Waals surface area (Å²) in [6.45, 7) is 5.81. The highest BCUT2D eigenvalue weighted by molar-refractivity contribution is 9.10. The number of hydrogen-bond acceptors (Lipinski definition) is 2. The van der Waals surface area contributed by atoms with Crippen molar-refractivity contribution in [2.45, 2.75) is 26.8 Å². The van der Waals surface area contributed by atoms with Gasteiger partial charge in [0.25, 0.3) is 5.91 Å². The van der Waals surface area contributed by atoms with Gasteiger partial charge in [-0.2, -0.15) is 0 Å². The van der Waals surface area contributed by atoms with Gasteiger partial charge >= 0.3 is 0 Å². The molecule has 0 heterocycles. The van der Waals surface area contributed by atoms with Crippen molar-refractivity contribution < 1.29 is 9.90 Å². The molecule has 94 valence electrons. The van der Waals surface area contributed by atoms with Crippen LogP contribution < -0.4 is 5.32 Å². The lowest BCUT2D eigenvalue weighted by Gasteiger charge is -2.19. The number of carbonyl (C=O) groups excluding carboxylic acids is 1. The van der Waals surface area contributed by atoms with Crippen LogP contribution in [0.2, 0.25) is 0 Å². The Morgan fingerprint density at radius 1 is 1.41 bits per heavy atom. The molecule has 1 aromatic rings. The third kappa shape index (κ3) is 4.13. The minimum Gasteiger partial charge on any atom is -0.396 e. The minimum absolute atomic E-state index is 0.0483. The van der Waals surface area contributed by atoms with E-state index in [1.807, 2.05) is 32.9 Å². The number of amides is 1. The molecule has 1 aromatic carbocycles. The molecule has 3 nitrogen and oxygen atoms in total. The third-order valence-electron chi connectivity index (χ3n) is 2.80. The average Bonchev–Trinajstić information content (AvgIpc) is 2.26. The highest BCUT2D eigenvalue weighted by Crippen LogP contribution is 2.15. The molecule has 1 rings (SSSR count). The molecule has 0 bridgehead atoms. The largest absolute Gasteiger partial charge is 0.396 e. The Morgan fingerprint density at radius 3 is 2.59 bits per heavy atom. The summed E-state index contributed by atoms with van der Waals surface area (Å²) in [5.41, 5.74) is 1.67. The van der Waals surface area contributed by atoms with Crippen LogP contribution in [-0.4, -0.2) is 23.7 Å². The van der Waals surface area contributed by atoms with Gasteiger partial charge in [-0.15, -0.1) is 0 Å². The molecular weight excluding hydrogens is 282 g/mol. The Labute approximate surface area is 110 Å². The molecule has 0 radical (unpaired) electrons. The van der Waals surface area contributed by atoms with E-state index in [9.17, 15) is 4.79 Å². The number of aliphatic hydroxyl groups is 1. The van der Waals surface area contributed by atoms with Gasteiger partial charge in [0.15, 0.2) is 0 Å². The van der Waals surface area contributed by atoms with E-state index < -0.39 is 0 Å². The van der Waals surface area contributed by atoms with Crippen molar-refractivity contribution in [2.75, 3.05) is 6.61 Å². The van der Waals surface area contributed by atoms with E-state index in [0.29, 0.717) is 5.56 Å². The molecule has 0 saturated heterocycles. The van der Waals surface area contributed by atoms with E-state index in [1.165, 1.54) is 0 Å². The average molecular weight is 300 g/mol. The number of carbonyl (C=O) groups is 1. The molecule has 0 aromatic heterocycles. The first kappa shape index (κ1) is 14.2. The predicted octanol–water partition coefficient (Wildman–Crippen LogP) is 2.50. The topological polar surface area (TPSA) is 49.3 Å². The fourth-order valence-corrected chi connectivity index (χ4v) is 2.07. The molecule has 2 N–H and O–H groups in total. The molecule has 2 atom stereocenters. The van der Waals surface area contributed by atoms with Crippen LogP contribution in [0.4, 0.5) is 0 Å². The van der Waals surface area contributed by atoms with Crippen LogP contribution in [0, 0.1) is 12.8 Å². The summed E-state index contributed by atoms with van der Waals surface area (Å²) >= 11 is 3.37. The van der Waals surface area contributed by atoms with Crippen LogP contribution in [0.15, 0.2) is 22.7 Å². The normalized spacial score (nSPS) is 14.2. The maximum atomic E-state index is 12.0. The van der Waals surface area contributed by atoms with Crippen LogP contribution in [0.5, 0.6) is 0 Å². The molecule has 17 heavy (non-hydrogen) atoms. The van der Waals surface area contributed by atoms with Crippen molar-refractivity contribution >= 4 is 21.8 Å². The van der Waals surface area contributed by atoms with Gasteiger partial charge in [0.1, 0.15) is 0 Å². The van der Waals surface area contributed by atoms with Crippen LogP contribution in [0.25, 0.3) is 0 Å². The first-order chi connectivity index (χ1) is 7.93. The van der Waals surface area contributed by atoms with E-state index >= 15 is 0 Å². The second kappa shape index (κ2) is 6.17. The third-order valence-corrected chi connectivity index (χ3v) is 3.26. The lowest BCUT2D eigenvalue weighted by Crippen LogP contribution is -2.38. The number of aryl methyl sites for hydroxylation is 1. The Kier molecular flexibility index (Phi) is 5.15. The van der Waals surface area contributed by atoms with Crippen molar-refractivity contribution in [1.29, 1.82) is 0 Å². The van der Waals surface area contributed by atoms with Crippen molar-refractivity contribution in [1.82, 2.24) is 5.32 Å². The number of aliphatic hydroxyl groups excluding tert-OH is 1. The summed E-state index contributed by atoms with van der Waals surface area (Å²) in [4.78, 5) is 12.0. The molecular formula is C13H18BrNO2. The number of nitrogens with one attached hydrogen (secondary N) is 1. The minimum atomic E-state index is -0.109. The zero-order valence-electron chi connectivity index (χ0n) is 10.3. The van der Waals surface area contributed by atoms with Crippen molar-refractivity contribution in [3.8, 4) is 0 Å². The summed E-state index contributed by atoms with van der Waals surface area (Å²) in [5, 5.41) is 11.9. The molecule has 0 saturated carbocycles. The maximum Gasteiger partial charge on any atom is 0.251 e. The van der Waals surface area contributed by atoms with E-state index in [1.54, 1.807) is 6.07 Å². The van der Waals surface area contributed by atoms with E-state index in [2.05, 4.69) is 21.2 Å². The zero-order valence-corrected chi connectivity index (χ0v) is 11.9. The van der Waals surface area contributed by atoms with Crippen molar-refractivity contribution in [3.63, 3.8) is 0 Å². The van der Waals surface area contributed by atoms with Gasteiger partial charge in [-0.1, -0.05) is 22.9 Å².